The summed E-state index contributed by atoms with van der Waals surface area (Å²) >= 11 is 0. The van der Waals surface area contributed by atoms with E-state index in [9.17, 15) is 4.79 Å². The van der Waals surface area contributed by atoms with E-state index in [-0.39, 0.29) is 0 Å². The zero-order valence-corrected chi connectivity index (χ0v) is 7.00. The van der Waals surface area contributed by atoms with Gasteiger partial charge in [-0.2, -0.15) is 0 Å². The van der Waals surface area contributed by atoms with Crippen molar-refractivity contribution in [3.8, 4) is 0 Å². The molecular weight excluding hydrogens is 124 g/mol. The van der Waals surface area contributed by atoms with Gasteiger partial charge in [0.05, 0.1) is 0 Å². The van der Waals surface area contributed by atoms with E-state index < -0.39 is 0 Å². The molecule has 0 heterocycles. The summed E-state index contributed by atoms with van der Waals surface area (Å²) in [5.74, 6) is 1.00. The van der Waals surface area contributed by atoms with Crippen molar-refractivity contribution in [2.75, 3.05) is 0 Å². The molecule has 1 heteroatoms. The van der Waals surface area contributed by atoms with Gasteiger partial charge in [0, 0.05) is 6.42 Å². The molecule has 0 fully saturated rings. The first kappa shape index (κ1) is 9.41. The summed E-state index contributed by atoms with van der Waals surface area (Å²) in [7, 11) is 0. The van der Waals surface area contributed by atoms with Crippen LogP contribution in [0.2, 0.25) is 0 Å². The Bertz CT molecular complexity index is 116. The third-order valence-electron chi connectivity index (χ3n) is 1.86. The predicted molar refractivity (Wildman–Crippen MR) is 43.8 cm³/mol. The molecular formula is C9H16O. The molecule has 0 aromatic heterocycles. The Morgan fingerprint density at radius 1 is 1.40 bits per heavy atom. The number of aldehydes is 1. The molecule has 0 aromatic carbocycles. The Balaban J connectivity index is 3.68. The molecule has 0 aliphatic rings. The summed E-state index contributed by atoms with van der Waals surface area (Å²) in [4.78, 5) is 10.1. The maximum absolute atomic E-state index is 10.1. The van der Waals surface area contributed by atoms with Crippen molar-refractivity contribution < 1.29 is 4.79 Å². The average molecular weight is 140 g/mol. The molecule has 0 radical (unpaired) electrons. The van der Waals surface area contributed by atoms with Gasteiger partial charge in [-0.25, -0.2) is 0 Å². The Morgan fingerprint density at radius 3 is 2.40 bits per heavy atom. The minimum Gasteiger partial charge on any atom is -0.303 e. The Hall–Kier alpha value is -0.590. The van der Waals surface area contributed by atoms with E-state index in [0.29, 0.717) is 18.3 Å². The van der Waals surface area contributed by atoms with Gasteiger partial charge < -0.3 is 4.79 Å². The molecule has 58 valence electrons. The largest absolute Gasteiger partial charge is 0.303 e. The van der Waals surface area contributed by atoms with Crippen LogP contribution in [0, 0.1) is 11.8 Å². The van der Waals surface area contributed by atoms with Crippen molar-refractivity contribution >= 4 is 6.29 Å². The van der Waals surface area contributed by atoms with E-state index in [4.69, 9.17) is 0 Å². The van der Waals surface area contributed by atoms with Gasteiger partial charge in [-0.1, -0.05) is 26.0 Å². The third kappa shape index (κ3) is 3.44. The Kier molecular flexibility index (Phi) is 4.91. The number of carbonyl (C=O) groups is 1. The lowest BCUT2D eigenvalue weighted by atomic mass is 9.93. The fraction of sp³-hybridized carbons (Fsp3) is 0.667. The first-order chi connectivity index (χ1) is 4.72. The summed E-state index contributed by atoms with van der Waals surface area (Å²) in [6.07, 6.45) is 5.83. The topological polar surface area (TPSA) is 17.1 Å². The van der Waals surface area contributed by atoms with Gasteiger partial charge in [-0.15, -0.1) is 0 Å². The molecule has 1 nitrogen and oxygen atoms in total. The van der Waals surface area contributed by atoms with Crippen LogP contribution in [-0.4, -0.2) is 6.29 Å². The normalized spacial score (nSPS) is 17.1. The van der Waals surface area contributed by atoms with Gasteiger partial charge in [0.1, 0.15) is 6.29 Å². The summed E-state index contributed by atoms with van der Waals surface area (Å²) < 4.78 is 0. The van der Waals surface area contributed by atoms with Gasteiger partial charge in [0.25, 0.3) is 0 Å². The number of hydrogen-bond donors (Lipinski definition) is 0. The van der Waals surface area contributed by atoms with E-state index in [1.165, 1.54) is 0 Å². The SMILES string of the molecule is C/C=C/C(C)C(C)CC=O. The minimum atomic E-state index is 0.480. The van der Waals surface area contributed by atoms with Gasteiger partial charge in [0.15, 0.2) is 0 Å². The number of rotatable bonds is 4. The van der Waals surface area contributed by atoms with Crippen molar-refractivity contribution in [1.82, 2.24) is 0 Å². The molecule has 0 N–H and O–H groups in total. The minimum absolute atomic E-state index is 0.480. The van der Waals surface area contributed by atoms with E-state index >= 15 is 0 Å². The summed E-state index contributed by atoms with van der Waals surface area (Å²) in [5.41, 5.74) is 0. The van der Waals surface area contributed by atoms with Crippen LogP contribution in [0.4, 0.5) is 0 Å². The van der Waals surface area contributed by atoms with Crippen LogP contribution in [0.3, 0.4) is 0 Å². The molecule has 0 saturated carbocycles. The van der Waals surface area contributed by atoms with E-state index in [2.05, 4.69) is 19.9 Å². The van der Waals surface area contributed by atoms with Crippen molar-refractivity contribution in [3.05, 3.63) is 12.2 Å². The zero-order valence-electron chi connectivity index (χ0n) is 7.00. The Labute approximate surface area is 63.1 Å². The lowest BCUT2D eigenvalue weighted by molar-refractivity contribution is -0.108. The molecule has 0 bridgehead atoms. The highest BCUT2D eigenvalue weighted by molar-refractivity contribution is 5.49. The average Bonchev–Trinajstić information content (AvgIpc) is 1.89. The second-order valence-electron chi connectivity index (χ2n) is 2.76. The van der Waals surface area contributed by atoms with E-state index in [0.717, 1.165) is 6.29 Å². The number of carbonyl (C=O) groups excluding carboxylic acids is 1. The fourth-order valence-electron chi connectivity index (χ4n) is 0.860. The van der Waals surface area contributed by atoms with E-state index in [1.807, 2.05) is 13.0 Å². The van der Waals surface area contributed by atoms with Crippen LogP contribution in [0.15, 0.2) is 12.2 Å². The van der Waals surface area contributed by atoms with Crippen LogP contribution in [-0.2, 0) is 4.79 Å². The summed E-state index contributed by atoms with van der Waals surface area (Å²) in [6.45, 7) is 6.23. The van der Waals surface area contributed by atoms with Crippen molar-refractivity contribution in [1.29, 1.82) is 0 Å². The molecule has 2 atom stereocenters. The molecule has 0 aliphatic heterocycles. The Morgan fingerprint density at radius 2 is 2.00 bits per heavy atom. The lowest BCUT2D eigenvalue weighted by Crippen LogP contribution is -2.05. The van der Waals surface area contributed by atoms with Crippen LogP contribution < -0.4 is 0 Å². The second-order valence-corrected chi connectivity index (χ2v) is 2.76. The summed E-state index contributed by atoms with van der Waals surface area (Å²) in [5, 5.41) is 0. The van der Waals surface area contributed by atoms with Crippen molar-refractivity contribution in [2.24, 2.45) is 11.8 Å². The first-order valence-corrected chi connectivity index (χ1v) is 3.78. The van der Waals surface area contributed by atoms with Crippen LogP contribution in [0.1, 0.15) is 27.2 Å². The molecule has 0 amide bonds. The highest BCUT2D eigenvalue weighted by atomic mass is 16.1. The molecule has 0 aliphatic carbocycles. The molecule has 10 heavy (non-hydrogen) atoms. The third-order valence-corrected chi connectivity index (χ3v) is 1.86. The zero-order chi connectivity index (χ0) is 7.98. The fourth-order valence-corrected chi connectivity index (χ4v) is 0.860. The van der Waals surface area contributed by atoms with Crippen LogP contribution >= 0.6 is 0 Å². The molecule has 2 unspecified atom stereocenters. The predicted octanol–water partition coefficient (Wildman–Crippen LogP) is 2.42. The smallest absolute Gasteiger partial charge is 0.120 e. The highest BCUT2D eigenvalue weighted by Gasteiger charge is 2.06. The van der Waals surface area contributed by atoms with Crippen molar-refractivity contribution in [3.63, 3.8) is 0 Å². The van der Waals surface area contributed by atoms with Crippen LogP contribution in [0.5, 0.6) is 0 Å². The van der Waals surface area contributed by atoms with Crippen molar-refractivity contribution in [2.45, 2.75) is 27.2 Å². The first-order valence-electron chi connectivity index (χ1n) is 3.78. The molecule has 0 aromatic rings. The van der Waals surface area contributed by atoms with Gasteiger partial charge in [-0.05, 0) is 18.8 Å². The quantitative estimate of drug-likeness (QED) is 0.433. The summed E-state index contributed by atoms with van der Waals surface area (Å²) in [6, 6.07) is 0. The molecule has 0 rings (SSSR count). The maximum atomic E-state index is 10.1. The van der Waals surface area contributed by atoms with E-state index in [1.54, 1.807) is 0 Å². The maximum Gasteiger partial charge on any atom is 0.120 e. The number of allylic oxidation sites excluding steroid dienone is 2. The molecule has 0 spiro atoms. The molecule has 0 saturated heterocycles. The highest BCUT2D eigenvalue weighted by Crippen LogP contribution is 2.14. The number of hydrogen-bond acceptors (Lipinski definition) is 1. The van der Waals surface area contributed by atoms with Gasteiger partial charge in [0.2, 0.25) is 0 Å². The monoisotopic (exact) mass is 140 g/mol. The van der Waals surface area contributed by atoms with Crippen LogP contribution in [0.25, 0.3) is 0 Å². The van der Waals surface area contributed by atoms with Gasteiger partial charge in [-0.3, -0.25) is 0 Å². The van der Waals surface area contributed by atoms with Gasteiger partial charge >= 0.3 is 0 Å². The standard InChI is InChI=1S/C9H16O/c1-4-5-8(2)9(3)6-7-10/h4-5,7-9H,6H2,1-3H3/b5-4+. The second kappa shape index (κ2) is 5.21. The lowest BCUT2D eigenvalue weighted by Gasteiger charge is -2.12.